The summed E-state index contributed by atoms with van der Waals surface area (Å²) in [5, 5.41) is 10.9. The van der Waals surface area contributed by atoms with Crippen molar-refractivity contribution in [3.63, 3.8) is 0 Å². The van der Waals surface area contributed by atoms with Crippen LogP contribution in [0, 0.1) is 10.1 Å². The van der Waals surface area contributed by atoms with E-state index in [1.807, 2.05) is 0 Å². The number of aromatic nitrogens is 2. The van der Waals surface area contributed by atoms with Gasteiger partial charge in [0, 0.05) is 24.4 Å². The van der Waals surface area contributed by atoms with E-state index in [2.05, 4.69) is 4.98 Å². The first-order valence-corrected chi connectivity index (χ1v) is 8.17. The van der Waals surface area contributed by atoms with Crippen LogP contribution in [0.1, 0.15) is 12.8 Å². The van der Waals surface area contributed by atoms with E-state index in [0.717, 1.165) is 12.0 Å². The Morgan fingerprint density at radius 2 is 2.04 bits per heavy atom. The summed E-state index contributed by atoms with van der Waals surface area (Å²) in [6.07, 6.45) is 4.21. The Hall–Kier alpha value is -3.26. The number of nitrogens with zero attached hydrogens (tertiary/aromatic N) is 3. The number of pyridine rings is 1. The van der Waals surface area contributed by atoms with Crippen molar-refractivity contribution in [1.29, 1.82) is 0 Å². The standard InChI is InChI=1S/C18H15N3O5/c22-18(16-2-1-9-25-16)26-14-6-3-12(4-7-14)15-11-20-10-13(21(23)24)5-8-17(20)19-15/h3-8,10-11,16H,1-2,9H2. The molecule has 0 saturated carbocycles. The number of benzene rings is 1. The maximum absolute atomic E-state index is 12.0. The minimum atomic E-state index is -0.482. The molecule has 0 spiro atoms. The van der Waals surface area contributed by atoms with Gasteiger partial charge in [0.1, 0.15) is 11.4 Å². The fraction of sp³-hybridized carbons (Fsp3) is 0.222. The lowest BCUT2D eigenvalue weighted by molar-refractivity contribution is -0.385. The molecule has 132 valence electrons. The average molecular weight is 353 g/mol. The van der Waals surface area contributed by atoms with Crippen LogP contribution in [0.4, 0.5) is 5.69 Å². The van der Waals surface area contributed by atoms with Crippen molar-refractivity contribution in [3.05, 3.63) is 58.9 Å². The van der Waals surface area contributed by atoms with E-state index in [1.165, 1.54) is 12.3 Å². The van der Waals surface area contributed by atoms with Crippen molar-refractivity contribution < 1.29 is 19.2 Å². The van der Waals surface area contributed by atoms with Gasteiger partial charge in [-0.25, -0.2) is 9.78 Å². The van der Waals surface area contributed by atoms with Gasteiger partial charge in [-0.2, -0.15) is 0 Å². The summed E-state index contributed by atoms with van der Waals surface area (Å²) in [6.45, 7) is 0.588. The van der Waals surface area contributed by atoms with Crippen molar-refractivity contribution in [3.8, 4) is 17.0 Å². The van der Waals surface area contributed by atoms with E-state index in [1.54, 1.807) is 40.9 Å². The number of nitro groups is 1. The fourth-order valence-electron chi connectivity index (χ4n) is 2.87. The lowest BCUT2D eigenvalue weighted by atomic mass is 10.1. The second-order valence-electron chi connectivity index (χ2n) is 5.98. The minimum absolute atomic E-state index is 0.00200. The first kappa shape index (κ1) is 16.2. The Balaban J connectivity index is 1.53. The molecule has 1 aliphatic rings. The molecule has 3 aromatic rings. The number of rotatable bonds is 4. The van der Waals surface area contributed by atoms with Crippen LogP contribution >= 0.6 is 0 Å². The molecule has 4 rings (SSSR count). The molecule has 3 heterocycles. The summed E-state index contributed by atoms with van der Waals surface area (Å²) in [5.74, 6) is 0.0592. The molecule has 0 amide bonds. The molecule has 0 bridgehead atoms. The molecule has 1 atom stereocenters. The molecule has 8 nitrogen and oxygen atoms in total. The number of fused-ring (bicyclic) bond motifs is 1. The lowest BCUT2D eigenvalue weighted by Crippen LogP contribution is -2.24. The minimum Gasteiger partial charge on any atom is -0.425 e. The van der Waals surface area contributed by atoms with E-state index < -0.39 is 11.0 Å². The first-order valence-electron chi connectivity index (χ1n) is 8.17. The highest BCUT2D eigenvalue weighted by atomic mass is 16.6. The van der Waals surface area contributed by atoms with E-state index in [0.29, 0.717) is 30.1 Å². The molecule has 2 aromatic heterocycles. The Kier molecular flexibility index (Phi) is 4.10. The van der Waals surface area contributed by atoms with Crippen LogP contribution in [-0.2, 0) is 9.53 Å². The average Bonchev–Trinajstić information content (AvgIpc) is 3.31. The van der Waals surface area contributed by atoms with Crippen molar-refractivity contribution >= 4 is 17.3 Å². The monoisotopic (exact) mass is 353 g/mol. The maximum atomic E-state index is 12.0. The van der Waals surface area contributed by atoms with Gasteiger partial charge in [-0.15, -0.1) is 0 Å². The predicted octanol–water partition coefficient (Wildman–Crippen LogP) is 2.99. The third kappa shape index (κ3) is 3.14. The Bertz CT molecular complexity index is 974. The molecular formula is C18H15N3O5. The van der Waals surface area contributed by atoms with Crippen LogP contribution in [0.2, 0.25) is 0 Å². The number of carbonyl (C=O) groups excluding carboxylic acids is 1. The zero-order chi connectivity index (χ0) is 18.1. The summed E-state index contributed by atoms with van der Waals surface area (Å²) in [5.41, 5.74) is 2.09. The highest BCUT2D eigenvalue weighted by Crippen LogP contribution is 2.24. The third-order valence-electron chi connectivity index (χ3n) is 4.21. The number of hydrogen-bond donors (Lipinski definition) is 0. The summed E-state index contributed by atoms with van der Waals surface area (Å²) in [6, 6.07) is 9.96. The summed E-state index contributed by atoms with van der Waals surface area (Å²) in [4.78, 5) is 26.8. The topological polar surface area (TPSA) is 96.0 Å². The second kappa shape index (κ2) is 6.57. The molecule has 1 aliphatic heterocycles. The van der Waals surface area contributed by atoms with Gasteiger partial charge < -0.3 is 9.47 Å². The summed E-state index contributed by atoms with van der Waals surface area (Å²) in [7, 11) is 0. The number of imidazole rings is 1. The van der Waals surface area contributed by atoms with Crippen molar-refractivity contribution in [2.75, 3.05) is 6.61 Å². The number of ether oxygens (including phenoxy) is 2. The normalized spacial score (nSPS) is 16.7. The van der Waals surface area contributed by atoms with Gasteiger partial charge in [-0.3, -0.25) is 14.5 Å². The zero-order valence-corrected chi connectivity index (χ0v) is 13.7. The highest BCUT2D eigenvalue weighted by molar-refractivity contribution is 5.77. The quantitative estimate of drug-likeness (QED) is 0.310. The summed E-state index contributed by atoms with van der Waals surface area (Å²) >= 11 is 0. The smallest absolute Gasteiger partial charge is 0.340 e. The highest BCUT2D eigenvalue weighted by Gasteiger charge is 2.25. The largest absolute Gasteiger partial charge is 0.425 e. The Morgan fingerprint density at radius 1 is 1.23 bits per heavy atom. The molecule has 1 fully saturated rings. The van der Waals surface area contributed by atoms with Crippen molar-refractivity contribution in [1.82, 2.24) is 9.38 Å². The van der Waals surface area contributed by atoms with Crippen molar-refractivity contribution in [2.24, 2.45) is 0 Å². The second-order valence-corrected chi connectivity index (χ2v) is 5.98. The van der Waals surface area contributed by atoms with Crippen molar-refractivity contribution in [2.45, 2.75) is 18.9 Å². The van der Waals surface area contributed by atoms with Gasteiger partial charge in [0.05, 0.1) is 16.8 Å². The molecule has 26 heavy (non-hydrogen) atoms. The molecule has 1 unspecified atom stereocenters. The number of carbonyl (C=O) groups is 1. The SMILES string of the molecule is O=C(Oc1ccc(-c2cn3cc([N+](=O)[O-])ccc3n2)cc1)C1CCCO1. The zero-order valence-electron chi connectivity index (χ0n) is 13.7. The fourth-order valence-corrected chi connectivity index (χ4v) is 2.87. The molecule has 0 N–H and O–H groups in total. The van der Waals surface area contributed by atoms with Crippen LogP contribution in [0.25, 0.3) is 16.9 Å². The molecule has 1 aromatic carbocycles. The lowest BCUT2D eigenvalue weighted by Gasteiger charge is -2.09. The Morgan fingerprint density at radius 3 is 2.73 bits per heavy atom. The van der Waals surface area contributed by atoms with E-state index in [-0.39, 0.29) is 11.7 Å². The molecule has 1 saturated heterocycles. The van der Waals surface area contributed by atoms with Gasteiger partial charge in [-0.05, 0) is 43.2 Å². The van der Waals surface area contributed by atoms with Gasteiger partial charge in [-0.1, -0.05) is 0 Å². The van der Waals surface area contributed by atoms with Gasteiger partial charge in [0.2, 0.25) is 0 Å². The first-order chi connectivity index (χ1) is 12.6. The van der Waals surface area contributed by atoms with E-state index >= 15 is 0 Å². The van der Waals surface area contributed by atoms with Crippen LogP contribution in [0.5, 0.6) is 5.75 Å². The summed E-state index contributed by atoms with van der Waals surface area (Å²) < 4.78 is 12.2. The van der Waals surface area contributed by atoms with Gasteiger partial charge >= 0.3 is 5.97 Å². The molecule has 0 aliphatic carbocycles. The van der Waals surface area contributed by atoms with E-state index in [4.69, 9.17) is 9.47 Å². The van der Waals surface area contributed by atoms with E-state index in [9.17, 15) is 14.9 Å². The molecule has 0 radical (unpaired) electrons. The molecule has 8 heteroatoms. The predicted molar refractivity (Wildman–Crippen MR) is 91.9 cm³/mol. The molecular weight excluding hydrogens is 338 g/mol. The van der Waals surface area contributed by atoms with Gasteiger partial charge in [0.15, 0.2) is 6.10 Å². The van der Waals surface area contributed by atoms with Crippen LogP contribution < -0.4 is 4.74 Å². The third-order valence-corrected chi connectivity index (χ3v) is 4.21. The maximum Gasteiger partial charge on any atom is 0.340 e. The van der Waals surface area contributed by atoms with Crippen LogP contribution in [0.3, 0.4) is 0 Å². The number of hydrogen-bond acceptors (Lipinski definition) is 6. The van der Waals surface area contributed by atoms with Crippen LogP contribution in [0.15, 0.2) is 48.8 Å². The number of esters is 1. The Labute approximate surface area is 148 Å². The van der Waals surface area contributed by atoms with Gasteiger partial charge in [0.25, 0.3) is 5.69 Å². The van der Waals surface area contributed by atoms with Crippen LogP contribution in [-0.4, -0.2) is 33.0 Å².